The second-order valence-corrected chi connectivity index (χ2v) is 6.44. The molecule has 1 saturated carbocycles. The van der Waals surface area contributed by atoms with Crippen molar-refractivity contribution in [2.45, 2.75) is 38.3 Å². The van der Waals surface area contributed by atoms with Crippen molar-refractivity contribution in [3.8, 4) is 11.5 Å². The zero-order valence-electron chi connectivity index (χ0n) is 13.9. The smallest absolute Gasteiger partial charge is 0.161 e. The Hall–Kier alpha value is -1.26. The summed E-state index contributed by atoms with van der Waals surface area (Å²) in [6.07, 6.45) is 5.68. The minimum atomic E-state index is 0.803. The lowest BCUT2D eigenvalue weighted by atomic mass is 10.1. The number of methoxy groups -OCH3 is 2. The average molecular weight is 304 g/mol. The SMILES string of the molecule is COc1ccc(CN2CCN(C3CCCC3)CC2)cc1OC. The summed E-state index contributed by atoms with van der Waals surface area (Å²) in [6, 6.07) is 7.11. The van der Waals surface area contributed by atoms with Gasteiger partial charge in [0.1, 0.15) is 0 Å². The summed E-state index contributed by atoms with van der Waals surface area (Å²) in [5.41, 5.74) is 1.30. The third-order valence-electron chi connectivity index (χ3n) is 5.10. The largest absolute Gasteiger partial charge is 0.493 e. The van der Waals surface area contributed by atoms with Crippen molar-refractivity contribution >= 4 is 0 Å². The minimum absolute atomic E-state index is 0.803. The van der Waals surface area contributed by atoms with Gasteiger partial charge < -0.3 is 9.47 Å². The molecule has 2 fully saturated rings. The van der Waals surface area contributed by atoms with Crippen LogP contribution >= 0.6 is 0 Å². The Kier molecular flexibility index (Phi) is 5.21. The summed E-state index contributed by atoms with van der Waals surface area (Å²) in [5, 5.41) is 0. The molecule has 3 rings (SSSR count). The van der Waals surface area contributed by atoms with Gasteiger partial charge in [0.25, 0.3) is 0 Å². The first-order chi connectivity index (χ1) is 10.8. The molecule has 122 valence electrons. The first-order valence-corrected chi connectivity index (χ1v) is 8.47. The third-order valence-corrected chi connectivity index (χ3v) is 5.10. The Morgan fingerprint density at radius 2 is 1.64 bits per heavy atom. The van der Waals surface area contributed by atoms with Gasteiger partial charge in [0.05, 0.1) is 14.2 Å². The van der Waals surface area contributed by atoms with E-state index in [-0.39, 0.29) is 0 Å². The highest BCUT2D eigenvalue weighted by molar-refractivity contribution is 5.42. The van der Waals surface area contributed by atoms with Crippen molar-refractivity contribution < 1.29 is 9.47 Å². The molecule has 1 saturated heterocycles. The molecule has 1 aromatic rings. The lowest BCUT2D eigenvalue weighted by molar-refractivity contribution is 0.0936. The molecule has 0 radical (unpaired) electrons. The summed E-state index contributed by atoms with van der Waals surface area (Å²) in [7, 11) is 3.38. The van der Waals surface area contributed by atoms with Crippen molar-refractivity contribution in [1.82, 2.24) is 9.80 Å². The Morgan fingerprint density at radius 3 is 2.27 bits per heavy atom. The second-order valence-electron chi connectivity index (χ2n) is 6.44. The van der Waals surface area contributed by atoms with Crippen LogP contribution in [0.3, 0.4) is 0 Å². The van der Waals surface area contributed by atoms with Gasteiger partial charge in [-0.2, -0.15) is 0 Å². The molecular formula is C18H28N2O2. The molecule has 1 aliphatic carbocycles. The predicted octanol–water partition coefficient (Wildman–Crippen LogP) is 2.76. The maximum atomic E-state index is 5.40. The Balaban J connectivity index is 1.54. The molecule has 0 N–H and O–H groups in total. The van der Waals surface area contributed by atoms with E-state index in [0.29, 0.717) is 0 Å². The van der Waals surface area contributed by atoms with Crippen molar-refractivity contribution in [1.29, 1.82) is 0 Å². The molecule has 0 atom stereocenters. The zero-order valence-corrected chi connectivity index (χ0v) is 13.9. The normalized spacial score (nSPS) is 21.2. The highest BCUT2D eigenvalue weighted by Crippen LogP contribution is 2.28. The van der Waals surface area contributed by atoms with Crippen molar-refractivity contribution in [3.05, 3.63) is 23.8 Å². The van der Waals surface area contributed by atoms with Gasteiger partial charge in [-0.25, -0.2) is 0 Å². The number of hydrogen-bond acceptors (Lipinski definition) is 4. The van der Waals surface area contributed by atoms with E-state index < -0.39 is 0 Å². The van der Waals surface area contributed by atoms with E-state index in [1.165, 1.54) is 57.4 Å². The maximum absolute atomic E-state index is 5.40. The standard InChI is InChI=1S/C18H28N2O2/c1-21-17-8-7-15(13-18(17)22-2)14-19-9-11-20(12-10-19)16-5-3-4-6-16/h7-8,13,16H,3-6,9-12,14H2,1-2H3. The van der Waals surface area contributed by atoms with Gasteiger partial charge >= 0.3 is 0 Å². The number of piperazine rings is 1. The van der Waals surface area contributed by atoms with Crippen LogP contribution in [0.5, 0.6) is 11.5 Å². The fourth-order valence-corrected chi connectivity index (χ4v) is 3.79. The molecule has 0 spiro atoms. The molecule has 22 heavy (non-hydrogen) atoms. The summed E-state index contributed by atoms with van der Waals surface area (Å²) in [5.74, 6) is 1.63. The van der Waals surface area contributed by atoms with E-state index in [9.17, 15) is 0 Å². The molecular weight excluding hydrogens is 276 g/mol. The number of nitrogens with zero attached hydrogens (tertiary/aromatic N) is 2. The van der Waals surface area contributed by atoms with Gasteiger partial charge in [-0.15, -0.1) is 0 Å². The monoisotopic (exact) mass is 304 g/mol. The van der Waals surface area contributed by atoms with Crippen LogP contribution in [0.15, 0.2) is 18.2 Å². The highest BCUT2D eigenvalue weighted by atomic mass is 16.5. The van der Waals surface area contributed by atoms with Crippen LogP contribution in [0.1, 0.15) is 31.2 Å². The fraction of sp³-hybridized carbons (Fsp3) is 0.667. The van der Waals surface area contributed by atoms with Crippen LogP contribution in [0.4, 0.5) is 0 Å². The Morgan fingerprint density at radius 1 is 0.955 bits per heavy atom. The number of benzene rings is 1. The minimum Gasteiger partial charge on any atom is -0.493 e. The summed E-state index contributed by atoms with van der Waals surface area (Å²) in [4.78, 5) is 5.25. The summed E-state index contributed by atoms with van der Waals surface area (Å²) >= 11 is 0. The van der Waals surface area contributed by atoms with E-state index in [4.69, 9.17) is 9.47 Å². The van der Waals surface area contributed by atoms with Gasteiger partial charge in [0.2, 0.25) is 0 Å². The van der Waals surface area contributed by atoms with E-state index in [1.807, 2.05) is 6.07 Å². The highest BCUT2D eigenvalue weighted by Gasteiger charge is 2.26. The van der Waals surface area contributed by atoms with Crippen LogP contribution in [0.25, 0.3) is 0 Å². The topological polar surface area (TPSA) is 24.9 Å². The van der Waals surface area contributed by atoms with Crippen molar-refractivity contribution in [3.63, 3.8) is 0 Å². The molecule has 1 heterocycles. The molecule has 0 aromatic heterocycles. The van der Waals surface area contributed by atoms with Crippen molar-refractivity contribution in [2.75, 3.05) is 40.4 Å². The van der Waals surface area contributed by atoms with Crippen LogP contribution in [0.2, 0.25) is 0 Å². The average Bonchev–Trinajstić information content (AvgIpc) is 3.10. The lowest BCUT2D eigenvalue weighted by Gasteiger charge is -2.38. The molecule has 4 nitrogen and oxygen atoms in total. The first-order valence-electron chi connectivity index (χ1n) is 8.47. The first kappa shape index (κ1) is 15.6. The number of hydrogen-bond donors (Lipinski definition) is 0. The van der Waals surface area contributed by atoms with Gasteiger partial charge in [0.15, 0.2) is 11.5 Å². The van der Waals surface area contributed by atoms with Gasteiger partial charge in [-0.1, -0.05) is 18.9 Å². The molecule has 2 aliphatic rings. The van der Waals surface area contributed by atoms with Gasteiger partial charge in [0, 0.05) is 38.8 Å². The molecule has 1 aliphatic heterocycles. The fourth-order valence-electron chi connectivity index (χ4n) is 3.79. The van der Waals surface area contributed by atoms with Gasteiger partial charge in [-0.05, 0) is 30.5 Å². The predicted molar refractivity (Wildman–Crippen MR) is 88.7 cm³/mol. The quantitative estimate of drug-likeness (QED) is 0.835. The van der Waals surface area contributed by atoms with E-state index >= 15 is 0 Å². The van der Waals surface area contributed by atoms with Crippen LogP contribution in [0, 0.1) is 0 Å². The zero-order chi connectivity index (χ0) is 15.4. The maximum Gasteiger partial charge on any atom is 0.161 e. The Bertz CT molecular complexity index is 478. The molecule has 0 bridgehead atoms. The Labute approximate surface area is 134 Å². The van der Waals surface area contributed by atoms with E-state index in [0.717, 1.165) is 24.1 Å². The molecule has 0 unspecified atom stereocenters. The third kappa shape index (κ3) is 3.55. The van der Waals surface area contributed by atoms with Crippen LogP contribution in [-0.2, 0) is 6.54 Å². The van der Waals surface area contributed by atoms with Crippen molar-refractivity contribution in [2.24, 2.45) is 0 Å². The summed E-state index contributed by atoms with van der Waals surface area (Å²) < 4.78 is 10.7. The number of rotatable bonds is 5. The van der Waals surface area contributed by atoms with Crippen LogP contribution in [-0.4, -0.2) is 56.2 Å². The number of ether oxygens (including phenoxy) is 2. The lowest BCUT2D eigenvalue weighted by Crippen LogP contribution is -2.49. The molecule has 1 aromatic carbocycles. The summed E-state index contributed by atoms with van der Waals surface area (Å²) in [6.45, 7) is 5.78. The van der Waals surface area contributed by atoms with Crippen LogP contribution < -0.4 is 9.47 Å². The van der Waals surface area contributed by atoms with Gasteiger partial charge in [-0.3, -0.25) is 9.80 Å². The molecule has 0 amide bonds. The second kappa shape index (κ2) is 7.34. The van der Waals surface area contributed by atoms with E-state index in [1.54, 1.807) is 14.2 Å². The molecule has 4 heteroatoms. The van der Waals surface area contributed by atoms with E-state index in [2.05, 4.69) is 21.9 Å².